The van der Waals surface area contributed by atoms with E-state index < -0.39 is 5.91 Å². The number of rotatable bonds is 7. The van der Waals surface area contributed by atoms with E-state index in [0.29, 0.717) is 11.5 Å². The summed E-state index contributed by atoms with van der Waals surface area (Å²) in [6.45, 7) is 2.17. The maximum Gasteiger partial charge on any atom is 0.273 e. The summed E-state index contributed by atoms with van der Waals surface area (Å²) < 4.78 is 18.7. The minimum Gasteiger partial charge on any atom is -0.446 e. The molecule has 1 heterocycles. The summed E-state index contributed by atoms with van der Waals surface area (Å²) in [4.78, 5) is 16.1. The lowest BCUT2D eigenvalue weighted by atomic mass is 10.1. The van der Waals surface area contributed by atoms with Crippen LogP contribution in [0.25, 0.3) is 0 Å². The summed E-state index contributed by atoms with van der Waals surface area (Å²) in [5.74, 6) is -0.421. The van der Waals surface area contributed by atoms with Gasteiger partial charge in [0.2, 0.25) is 5.89 Å². The first-order valence-corrected chi connectivity index (χ1v) is 7.34. The zero-order valence-electron chi connectivity index (χ0n) is 12.5. The molecule has 0 bridgehead atoms. The van der Waals surface area contributed by atoms with Gasteiger partial charge in [-0.15, -0.1) is 0 Å². The van der Waals surface area contributed by atoms with E-state index in [1.54, 1.807) is 18.2 Å². The second-order valence-corrected chi connectivity index (χ2v) is 5.09. The van der Waals surface area contributed by atoms with Gasteiger partial charge in [-0.05, 0) is 12.5 Å². The first kappa shape index (κ1) is 16.2. The highest BCUT2D eigenvalue weighted by Gasteiger charge is 2.16. The molecule has 1 atom stereocenters. The minimum atomic E-state index is -0.416. The number of aromatic nitrogens is 1. The fourth-order valence-electron chi connectivity index (χ4n) is 2.02. The van der Waals surface area contributed by atoms with Crippen LogP contribution < -0.4 is 11.1 Å². The molecule has 0 saturated carbocycles. The van der Waals surface area contributed by atoms with Gasteiger partial charge in [-0.1, -0.05) is 38.0 Å². The number of nitrogens with two attached hydrogens (primary N) is 1. The summed E-state index contributed by atoms with van der Waals surface area (Å²) in [6.07, 6.45) is 4.04. The molecule has 118 valence electrons. The molecule has 2 aromatic rings. The number of hydrogen-bond donors (Lipinski definition) is 2. The molecular formula is C16H20FN3O2. The summed E-state index contributed by atoms with van der Waals surface area (Å²) in [5.41, 5.74) is 6.51. The van der Waals surface area contributed by atoms with Crippen LogP contribution in [-0.2, 0) is 6.54 Å². The average molecular weight is 305 g/mol. The van der Waals surface area contributed by atoms with Gasteiger partial charge in [-0.3, -0.25) is 4.79 Å². The van der Waals surface area contributed by atoms with Crippen molar-refractivity contribution in [3.8, 4) is 0 Å². The van der Waals surface area contributed by atoms with Crippen molar-refractivity contribution in [1.82, 2.24) is 10.3 Å². The number of benzene rings is 1. The lowest BCUT2D eigenvalue weighted by Crippen LogP contribution is -2.24. The SMILES string of the molecule is CCCCC(N)c1nc(C(=O)NCc2ccccc2F)co1. The molecule has 0 aliphatic carbocycles. The third-order valence-electron chi connectivity index (χ3n) is 3.34. The molecule has 0 fully saturated rings. The van der Waals surface area contributed by atoms with Gasteiger partial charge in [0.25, 0.3) is 5.91 Å². The Hall–Kier alpha value is -2.21. The highest BCUT2D eigenvalue weighted by Crippen LogP contribution is 2.16. The molecule has 0 radical (unpaired) electrons. The quantitative estimate of drug-likeness (QED) is 0.824. The Kier molecular flexibility index (Phi) is 5.66. The van der Waals surface area contributed by atoms with Gasteiger partial charge < -0.3 is 15.5 Å². The predicted octanol–water partition coefficient (Wildman–Crippen LogP) is 2.93. The van der Waals surface area contributed by atoms with Crippen molar-refractivity contribution in [3.63, 3.8) is 0 Å². The first-order valence-electron chi connectivity index (χ1n) is 7.34. The predicted molar refractivity (Wildman–Crippen MR) is 80.5 cm³/mol. The number of carbonyl (C=O) groups is 1. The monoisotopic (exact) mass is 305 g/mol. The van der Waals surface area contributed by atoms with Gasteiger partial charge >= 0.3 is 0 Å². The zero-order chi connectivity index (χ0) is 15.9. The molecule has 0 saturated heterocycles. The number of hydrogen-bond acceptors (Lipinski definition) is 4. The summed E-state index contributed by atoms with van der Waals surface area (Å²) >= 11 is 0. The Labute approximate surface area is 128 Å². The molecule has 2 rings (SSSR count). The van der Waals surface area contributed by atoms with Crippen LogP contribution in [0.15, 0.2) is 34.9 Å². The van der Waals surface area contributed by atoms with Crippen LogP contribution in [-0.4, -0.2) is 10.9 Å². The Balaban J connectivity index is 1.93. The highest BCUT2D eigenvalue weighted by molar-refractivity contribution is 5.91. The first-order chi connectivity index (χ1) is 10.6. The summed E-state index contributed by atoms with van der Waals surface area (Å²) in [5, 5.41) is 2.61. The third kappa shape index (κ3) is 4.14. The molecule has 6 heteroatoms. The summed E-state index contributed by atoms with van der Waals surface area (Å²) in [7, 11) is 0. The van der Waals surface area contributed by atoms with Gasteiger partial charge in [0, 0.05) is 12.1 Å². The van der Waals surface area contributed by atoms with Crippen LogP contribution in [0.1, 0.15) is 54.2 Å². The lowest BCUT2D eigenvalue weighted by Gasteiger charge is -2.05. The van der Waals surface area contributed by atoms with Crippen molar-refractivity contribution in [2.45, 2.75) is 38.8 Å². The topological polar surface area (TPSA) is 81.1 Å². The molecular weight excluding hydrogens is 285 g/mol. The third-order valence-corrected chi connectivity index (χ3v) is 3.34. The van der Waals surface area contributed by atoms with Gasteiger partial charge in [-0.25, -0.2) is 9.37 Å². The van der Waals surface area contributed by atoms with Crippen molar-refractivity contribution in [2.24, 2.45) is 5.73 Å². The minimum absolute atomic E-state index is 0.0928. The highest BCUT2D eigenvalue weighted by atomic mass is 19.1. The lowest BCUT2D eigenvalue weighted by molar-refractivity contribution is 0.0945. The van der Waals surface area contributed by atoms with E-state index in [1.807, 2.05) is 0 Å². The van der Waals surface area contributed by atoms with Crippen molar-refractivity contribution < 1.29 is 13.6 Å². The molecule has 1 aromatic carbocycles. The molecule has 1 amide bonds. The van der Waals surface area contributed by atoms with E-state index in [0.717, 1.165) is 19.3 Å². The summed E-state index contributed by atoms with van der Waals surface area (Å²) in [6, 6.07) is 5.97. The number of carbonyl (C=O) groups excluding carboxylic acids is 1. The second-order valence-electron chi connectivity index (χ2n) is 5.09. The van der Waals surface area contributed by atoms with Gasteiger partial charge in [-0.2, -0.15) is 0 Å². The average Bonchev–Trinajstić information content (AvgIpc) is 3.01. The Morgan fingerprint density at radius 1 is 1.45 bits per heavy atom. The number of nitrogens with one attached hydrogen (secondary N) is 1. The van der Waals surface area contributed by atoms with Crippen molar-refractivity contribution >= 4 is 5.91 Å². The van der Waals surface area contributed by atoms with Gasteiger partial charge in [0.1, 0.15) is 12.1 Å². The second kappa shape index (κ2) is 7.70. The number of nitrogens with zero attached hydrogens (tertiary/aromatic N) is 1. The number of halogens is 1. The van der Waals surface area contributed by atoms with E-state index >= 15 is 0 Å². The molecule has 3 N–H and O–H groups in total. The molecule has 1 unspecified atom stereocenters. The molecule has 1 aromatic heterocycles. The van der Waals surface area contributed by atoms with E-state index in [4.69, 9.17) is 10.2 Å². The van der Waals surface area contributed by atoms with Crippen LogP contribution in [0.4, 0.5) is 4.39 Å². The molecule has 0 spiro atoms. The Morgan fingerprint density at radius 2 is 2.23 bits per heavy atom. The standard InChI is InChI=1S/C16H20FN3O2/c1-2-3-8-13(18)16-20-14(10-22-16)15(21)19-9-11-6-4-5-7-12(11)17/h4-7,10,13H,2-3,8-9,18H2,1H3,(H,19,21). The van der Waals surface area contributed by atoms with Gasteiger partial charge in [0.15, 0.2) is 5.69 Å². The molecule has 5 nitrogen and oxygen atoms in total. The largest absolute Gasteiger partial charge is 0.446 e. The molecule has 0 aliphatic heterocycles. The fraction of sp³-hybridized carbons (Fsp3) is 0.375. The fourth-order valence-corrected chi connectivity index (χ4v) is 2.02. The van der Waals surface area contributed by atoms with E-state index in [1.165, 1.54) is 12.3 Å². The van der Waals surface area contributed by atoms with Crippen molar-refractivity contribution in [2.75, 3.05) is 0 Å². The van der Waals surface area contributed by atoms with Crippen LogP contribution in [0.3, 0.4) is 0 Å². The van der Waals surface area contributed by atoms with Crippen LogP contribution in [0.2, 0.25) is 0 Å². The smallest absolute Gasteiger partial charge is 0.273 e. The van der Waals surface area contributed by atoms with Gasteiger partial charge in [0.05, 0.1) is 6.04 Å². The zero-order valence-corrected chi connectivity index (χ0v) is 12.5. The number of oxazole rings is 1. The normalized spacial score (nSPS) is 12.1. The van der Waals surface area contributed by atoms with E-state index in [-0.39, 0.29) is 24.1 Å². The molecule has 22 heavy (non-hydrogen) atoms. The maximum absolute atomic E-state index is 13.5. The van der Waals surface area contributed by atoms with Crippen LogP contribution in [0, 0.1) is 5.82 Å². The van der Waals surface area contributed by atoms with Crippen LogP contribution in [0.5, 0.6) is 0 Å². The van der Waals surface area contributed by atoms with Crippen LogP contribution >= 0.6 is 0 Å². The van der Waals surface area contributed by atoms with E-state index in [2.05, 4.69) is 17.2 Å². The molecule has 0 aliphatic rings. The Morgan fingerprint density at radius 3 is 2.95 bits per heavy atom. The van der Waals surface area contributed by atoms with Crippen molar-refractivity contribution in [1.29, 1.82) is 0 Å². The van der Waals surface area contributed by atoms with Crippen molar-refractivity contribution in [3.05, 3.63) is 53.5 Å². The Bertz CT molecular complexity index is 627. The number of unbranched alkanes of at least 4 members (excludes halogenated alkanes) is 1. The number of amides is 1. The maximum atomic E-state index is 13.5. The van der Waals surface area contributed by atoms with E-state index in [9.17, 15) is 9.18 Å².